The molecule has 4 nitrogen and oxygen atoms in total. The van der Waals surface area contributed by atoms with Crippen LogP contribution in [-0.2, 0) is 11.8 Å². The molecule has 0 radical (unpaired) electrons. The molecule has 22 heavy (non-hydrogen) atoms. The first kappa shape index (κ1) is 16.8. The van der Waals surface area contributed by atoms with Gasteiger partial charge in [0.05, 0.1) is 17.7 Å². The molecule has 0 spiro atoms. The number of hydrogen-bond donors (Lipinski definition) is 1. The second-order valence-corrected chi connectivity index (χ2v) is 7.51. The quantitative estimate of drug-likeness (QED) is 0.866. The first-order valence-corrected chi connectivity index (χ1v) is 8.02. The average molecular weight is 303 g/mol. The molecule has 1 N–H and O–H groups in total. The lowest BCUT2D eigenvalue weighted by Gasteiger charge is -2.15. The van der Waals surface area contributed by atoms with E-state index in [-0.39, 0.29) is 23.3 Å². The highest BCUT2D eigenvalue weighted by atomic mass is 16.2. The lowest BCUT2D eigenvalue weighted by molar-refractivity contribution is -0.123. The fraction of sp³-hybridized carbons (Fsp3) is 0.667. The number of nitrogens with one attached hydrogen (secondary N) is 1. The minimum Gasteiger partial charge on any atom is -0.349 e. The Morgan fingerprint density at radius 3 is 2.41 bits per heavy atom. The molecule has 122 valence electrons. The fourth-order valence-electron chi connectivity index (χ4n) is 3.64. The lowest BCUT2D eigenvalue weighted by Crippen LogP contribution is -2.30. The summed E-state index contributed by atoms with van der Waals surface area (Å²) < 4.78 is 1.88. The van der Waals surface area contributed by atoms with Gasteiger partial charge < -0.3 is 5.32 Å². The van der Waals surface area contributed by atoms with Crippen LogP contribution in [-0.4, -0.2) is 15.7 Å². The van der Waals surface area contributed by atoms with Crippen molar-refractivity contribution in [2.75, 3.05) is 0 Å². The summed E-state index contributed by atoms with van der Waals surface area (Å²) in [6, 6.07) is -0.00930. The van der Waals surface area contributed by atoms with Crippen molar-refractivity contribution in [2.24, 2.45) is 24.3 Å². The van der Waals surface area contributed by atoms with Crippen molar-refractivity contribution in [3.05, 3.63) is 28.6 Å². The van der Waals surface area contributed by atoms with Crippen LogP contribution in [0.1, 0.15) is 57.6 Å². The van der Waals surface area contributed by atoms with Gasteiger partial charge in [-0.15, -0.1) is 0 Å². The van der Waals surface area contributed by atoms with Crippen LogP contribution in [0, 0.1) is 31.1 Å². The minimum atomic E-state index is -0.00930. The van der Waals surface area contributed by atoms with E-state index < -0.39 is 0 Å². The number of amides is 1. The number of hydrogen-bond acceptors (Lipinski definition) is 2. The van der Waals surface area contributed by atoms with Gasteiger partial charge in [0.1, 0.15) is 0 Å². The largest absolute Gasteiger partial charge is 0.349 e. The number of allylic oxidation sites excluding steroid dienone is 2. The molecule has 0 aliphatic heterocycles. The molecule has 3 atom stereocenters. The Bertz CT molecular complexity index is 621. The molecule has 4 heteroatoms. The van der Waals surface area contributed by atoms with E-state index in [2.05, 4.69) is 44.2 Å². The molecule has 0 aromatic carbocycles. The van der Waals surface area contributed by atoms with Crippen molar-refractivity contribution in [3.63, 3.8) is 0 Å². The molecule has 1 aromatic heterocycles. The van der Waals surface area contributed by atoms with Gasteiger partial charge in [-0.1, -0.05) is 25.5 Å². The third kappa shape index (κ3) is 2.83. The molecular formula is C18H29N3O. The van der Waals surface area contributed by atoms with E-state index in [1.807, 2.05) is 32.5 Å². The summed E-state index contributed by atoms with van der Waals surface area (Å²) in [5.74, 6) is 0.575. The Morgan fingerprint density at radius 1 is 1.36 bits per heavy atom. The van der Waals surface area contributed by atoms with Gasteiger partial charge in [-0.3, -0.25) is 9.48 Å². The third-order valence-electron chi connectivity index (χ3n) is 5.06. The smallest absolute Gasteiger partial charge is 0.224 e. The number of nitrogens with zero attached hydrogens (tertiary/aromatic N) is 2. The molecule has 2 rings (SSSR count). The van der Waals surface area contributed by atoms with Crippen LogP contribution in [0.3, 0.4) is 0 Å². The van der Waals surface area contributed by atoms with Gasteiger partial charge in [-0.2, -0.15) is 5.10 Å². The minimum absolute atomic E-state index is 0.00930. The molecule has 1 aliphatic rings. The van der Waals surface area contributed by atoms with Gasteiger partial charge >= 0.3 is 0 Å². The van der Waals surface area contributed by atoms with Crippen LogP contribution < -0.4 is 5.32 Å². The van der Waals surface area contributed by atoms with E-state index >= 15 is 0 Å². The maximum atomic E-state index is 12.7. The summed E-state index contributed by atoms with van der Waals surface area (Å²) in [6.07, 6.45) is 2.23. The summed E-state index contributed by atoms with van der Waals surface area (Å²) in [5.41, 5.74) is 4.57. The second-order valence-electron chi connectivity index (χ2n) is 7.51. The Hall–Kier alpha value is -1.58. The maximum absolute atomic E-state index is 12.7. The molecule has 1 heterocycles. The summed E-state index contributed by atoms with van der Waals surface area (Å²) in [4.78, 5) is 12.7. The normalized spacial score (nSPS) is 23.8. The molecule has 1 amide bonds. The summed E-state index contributed by atoms with van der Waals surface area (Å²) in [5, 5.41) is 7.63. The Morgan fingerprint density at radius 2 is 1.95 bits per heavy atom. The van der Waals surface area contributed by atoms with Crippen LogP contribution in [0.4, 0.5) is 0 Å². The lowest BCUT2D eigenvalue weighted by atomic mass is 10.1. The second kappa shape index (κ2) is 5.56. The van der Waals surface area contributed by atoms with E-state index in [4.69, 9.17) is 0 Å². The van der Waals surface area contributed by atoms with Crippen molar-refractivity contribution in [1.29, 1.82) is 0 Å². The predicted molar refractivity (Wildman–Crippen MR) is 89.4 cm³/mol. The zero-order valence-electron chi connectivity index (χ0n) is 15.1. The molecule has 1 aromatic rings. The number of aromatic nitrogens is 2. The van der Waals surface area contributed by atoms with E-state index in [1.54, 1.807) is 0 Å². The van der Waals surface area contributed by atoms with Crippen LogP contribution in [0.25, 0.3) is 0 Å². The maximum Gasteiger partial charge on any atom is 0.224 e. The van der Waals surface area contributed by atoms with E-state index in [1.165, 1.54) is 5.57 Å². The summed E-state index contributed by atoms with van der Waals surface area (Å²) >= 11 is 0. The number of carbonyl (C=O) groups excluding carboxylic acids is 1. The summed E-state index contributed by atoms with van der Waals surface area (Å²) in [6.45, 7) is 14.6. The van der Waals surface area contributed by atoms with Crippen LogP contribution in [0.5, 0.6) is 0 Å². The van der Waals surface area contributed by atoms with Crippen LogP contribution in [0.15, 0.2) is 11.6 Å². The zero-order chi connectivity index (χ0) is 16.8. The van der Waals surface area contributed by atoms with E-state index in [0.29, 0.717) is 5.92 Å². The van der Waals surface area contributed by atoms with Gasteiger partial charge in [0, 0.05) is 18.3 Å². The van der Waals surface area contributed by atoms with Crippen molar-refractivity contribution < 1.29 is 4.79 Å². The van der Waals surface area contributed by atoms with E-state index in [9.17, 15) is 4.79 Å². The molecule has 1 saturated carbocycles. The highest BCUT2D eigenvalue weighted by Crippen LogP contribution is 2.59. The fourth-order valence-corrected chi connectivity index (χ4v) is 3.64. The van der Waals surface area contributed by atoms with E-state index in [0.717, 1.165) is 17.0 Å². The first-order valence-electron chi connectivity index (χ1n) is 8.02. The molecule has 0 saturated heterocycles. The summed E-state index contributed by atoms with van der Waals surface area (Å²) in [7, 11) is 1.94. The molecular weight excluding hydrogens is 274 g/mol. The molecule has 0 bridgehead atoms. The Labute approximate surface area is 134 Å². The number of aryl methyl sites for hydroxylation is 2. The van der Waals surface area contributed by atoms with Crippen LogP contribution >= 0.6 is 0 Å². The Kier molecular flexibility index (Phi) is 4.24. The highest BCUT2D eigenvalue weighted by molar-refractivity contribution is 5.84. The zero-order valence-corrected chi connectivity index (χ0v) is 15.1. The first-order chi connectivity index (χ1) is 10.1. The number of carbonyl (C=O) groups is 1. The van der Waals surface area contributed by atoms with Crippen molar-refractivity contribution in [3.8, 4) is 0 Å². The van der Waals surface area contributed by atoms with Crippen molar-refractivity contribution >= 4 is 5.91 Å². The number of rotatable bonds is 4. The predicted octanol–water partition coefficient (Wildman–Crippen LogP) is 3.45. The molecule has 1 fully saturated rings. The van der Waals surface area contributed by atoms with Gasteiger partial charge in [-0.25, -0.2) is 0 Å². The van der Waals surface area contributed by atoms with Gasteiger partial charge in [-0.05, 0) is 46.0 Å². The van der Waals surface area contributed by atoms with Crippen LogP contribution in [0.2, 0.25) is 0 Å². The SMILES string of the molecule is CC(C)=C[C@@H]1[C@H](C(=O)N[C@@H](C)c2c(C)nn(C)c2C)C1(C)C. The topological polar surface area (TPSA) is 46.9 Å². The van der Waals surface area contributed by atoms with Gasteiger partial charge in [0.2, 0.25) is 5.91 Å². The third-order valence-corrected chi connectivity index (χ3v) is 5.06. The van der Waals surface area contributed by atoms with Gasteiger partial charge in [0.15, 0.2) is 0 Å². The molecule has 1 aliphatic carbocycles. The van der Waals surface area contributed by atoms with Crippen molar-refractivity contribution in [2.45, 2.75) is 54.5 Å². The van der Waals surface area contributed by atoms with Gasteiger partial charge in [0.25, 0.3) is 0 Å². The average Bonchev–Trinajstić information content (AvgIpc) is 2.77. The monoisotopic (exact) mass is 303 g/mol. The Balaban J connectivity index is 2.11. The van der Waals surface area contributed by atoms with Crippen molar-refractivity contribution in [1.82, 2.24) is 15.1 Å². The highest BCUT2D eigenvalue weighted by Gasteiger charge is 2.60. The molecule has 0 unspecified atom stereocenters. The standard InChI is InChI=1S/C18H29N3O/c1-10(2)9-14-16(18(14,6)7)17(22)19-11(3)15-12(4)20-21(8)13(15)5/h9,11,14,16H,1-8H3,(H,19,22)/t11-,14+,16+/m0/s1.